The smallest absolute Gasteiger partial charge is 0.224 e. The number of likely N-dealkylation sites (tertiary alicyclic amines) is 1. The van der Waals surface area contributed by atoms with Gasteiger partial charge in [0.2, 0.25) is 11.9 Å². The molecule has 1 aliphatic heterocycles. The van der Waals surface area contributed by atoms with Crippen LogP contribution in [0, 0.1) is 0 Å². The first-order valence-electron chi connectivity index (χ1n) is 10.4. The highest BCUT2D eigenvalue weighted by Crippen LogP contribution is 2.41. The van der Waals surface area contributed by atoms with E-state index in [1.165, 1.54) is 0 Å². The van der Waals surface area contributed by atoms with Gasteiger partial charge in [0.1, 0.15) is 5.65 Å². The number of hydrogen-bond donors (Lipinski definition) is 2. The standard InChI is InChI=1S/C22H23N7O/c1-22(28-7-2-3-19(28)30)10-15(11-22)26-21-24-13-18-17(12-23-20(18)27-21)14-5-8-29-16(9-14)4-6-25-29/h4-6,8-9,12-13,15H,2-3,7,10-11H2,1H3,(H2,23,24,26,27). The third-order valence-electron chi connectivity index (χ3n) is 6.57. The van der Waals surface area contributed by atoms with Gasteiger partial charge in [0.15, 0.2) is 0 Å². The van der Waals surface area contributed by atoms with Crippen molar-refractivity contribution in [3.8, 4) is 11.1 Å². The second-order valence-corrected chi connectivity index (χ2v) is 8.67. The van der Waals surface area contributed by atoms with E-state index < -0.39 is 0 Å². The van der Waals surface area contributed by atoms with Crippen LogP contribution >= 0.6 is 0 Å². The van der Waals surface area contributed by atoms with Gasteiger partial charge in [-0.3, -0.25) is 4.79 Å². The molecule has 4 aromatic rings. The number of carbonyl (C=O) groups is 1. The quantitative estimate of drug-likeness (QED) is 0.548. The van der Waals surface area contributed by atoms with Gasteiger partial charge in [-0.05, 0) is 49.9 Å². The number of nitrogens with one attached hydrogen (secondary N) is 2. The van der Waals surface area contributed by atoms with Crippen LogP contribution in [0.2, 0.25) is 0 Å². The normalized spacial score (nSPS) is 24.0. The maximum atomic E-state index is 12.1. The Morgan fingerprint density at radius 1 is 1.30 bits per heavy atom. The zero-order valence-corrected chi connectivity index (χ0v) is 16.8. The Balaban J connectivity index is 1.20. The van der Waals surface area contributed by atoms with Crippen molar-refractivity contribution in [2.75, 3.05) is 11.9 Å². The van der Waals surface area contributed by atoms with Crippen LogP contribution in [0.4, 0.5) is 5.95 Å². The Morgan fingerprint density at radius 2 is 2.20 bits per heavy atom. The Labute approximate surface area is 173 Å². The Hall–Kier alpha value is -3.42. The highest BCUT2D eigenvalue weighted by atomic mass is 16.2. The van der Waals surface area contributed by atoms with Crippen LogP contribution in [0.1, 0.15) is 32.6 Å². The molecule has 1 saturated carbocycles. The largest absolute Gasteiger partial charge is 0.351 e. The number of pyridine rings is 1. The highest BCUT2D eigenvalue weighted by molar-refractivity contribution is 5.94. The Bertz CT molecular complexity index is 1270. The van der Waals surface area contributed by atoms with Gasteiger partial charge in [-0.25, -0.2) is 9.50 Å². The molecule has 8 nitrogen and oxygen atoms in total. The molecular formula is C22H23N7O. The summed E-state index contributed by atoms with van der Waals surface area (Å²) >= 11 is 0. The van der Waals surface area contributed by atoms with Gasteiger partial charge in [-0.2, -0.15) is 10.1 Å². The predicted octanol–water partition coefficient (Wildman–Crippen LogP) is 3.23. The van der Waals surface area contributed by atoms with E-state index in [1.807, 2.05) is 35.2 Å². The molecule has 0 atom stereocenters. The van der Waals surface area contributed by atoms with Crippen LogP contribution in [0.15, 0.2) is 43.0 Å². The second kappa shape index (κ2) is 6.29. The minimum atomic E-state index is -0.0265. The Morgan fingerprint density at radius 3 is 3.03 bits per heavy atom. The molecule has 5 heterocycles. The molecule has 1 saturated heterocycles. The molecule has 8 heteroatoms. The van der Waals surface area contributed by atoms with Gasteiger partial charge in [0, 0.05) is 60.3 Å². The average Bonchev–Trinajstić information content (AvgIpc) is 3.44. The maximum absolute atomic E-state index is 12.1. The summed E-state index contributed by atoms with van der Waals surface area (Å²) in [7, 11) is 0. The number of fused-ring (bicyclic) bond motifs is 2. The molecule has 2 aliphatic rings. The van der Waals surface area contributed by atoms with Crippen molar-refractivity contribution in [1.82, 2.24) is 29.5 Å². The number of carbonyl (C=O) groups excluding carboxylic acids is 1. The van der Waals surface area contributed by atoms with Crippen molar-refractivity contribution in [1.29, 1.82) is 0 Å². The predicted molar refractivity (Wildman–Crippen MR) is 114 cm³/mol. The third kappa shape index (κ3) is 2.67. The fourth-order valence-electron chi connectivity index (χ4n) is 5.03. The second-order valence-electron chi connectivity index (χ2n) is 8.67. The summed E-state index contributed by atoms with van der Waals surface area (Å²) in [5.74, 6) is 0.920. The molecular weight excluding hydrogens is 378 g/mol. The van der Waals surface area contributed by atoms with Crippen LogP contribution in [0.25, 0.3) is 27.7 Å². The summed E-state index contributed by atoms with van der Waals surface area (Å²) in [4.78, 5) is 26.7. The number of aromatic amines is 1. The molecule has 6 rings (SSSR count). The van der Waals surface area contributed by atoms with E-state index in [2.05, 4.69) is 43.3 Å². The van der Waals surface area contributed by atoms with Gasteiger partial charge in [0.05, 0.1) is 5.52 Å². The van der Waals surface area contributed by atoms with E-state index in [0.29, 0.717) is 24.3 Å². The van der Waals surface area contributed by atoms with Crippen molar-refractivity contribution in [2.24, 2.45) is 0 Å². The van der Waals surface area contributed by atoms with E-state index >= 15 is 0 Å². The van der Waals surface area contributed by atoms with E-state index in [1.54, 1.807) is 6.20 Å². The lowest BCUT2D eigenvalue weighted by molar-refractivity contribution is -0.136. The van der Waals surface area contributed by atoms with Crippen LogP contribution in [-0.4, -0.2) is 53.5 Å². The van der Waals surface area contributed by atoms with E-state index in [-0.39, 0.29) is 5.54 Å². The highest BCUT2D eigenvalue weighted by Gasteiger charge is 2.48. The number of hydrogen-bond acceptors (Lipinski definition) is 5. The lowest BCUT2D eigenvalue weighted by Gasteiger charge is -2.51. The Kier molecular flexibility index (Phi) is 3.65. The summed E-state index contributed by atoms with van der Waals surface area (Å²) < 4.78 is 1.85. The molecule has 152 valence electrons. The van der Waals surface area contributed by atoms with Crippen molar-refractivity contribution >= 4 is 28.4 Å². The molecule has 4 aromatic heterocycles. The van der Waals surface area contributed by atoms with Gasteiger partial charge in [-0.15, -0.1) is 0 Å². The SMILES string of the molecule is CC1(N2CCCC2=O)CC(Nc2ncc3c(-c4ccn5nccc5c4)c[nH]c3n2)C1. The first-order chi connectivity index (χ1) is 14.6. The number of H-pyrrole nitrogens is 1. The molecule has 30 heavy (non-hydrogen) atoms. The van der Waals surface area contributed by atoms with Crippen LogP contribution < -0.4 is 5.32 Å². The van der Waals surface area contributed by atoms with E-state index in [0.717, 1.165) is 53.5 Å². The van der Waals surface area contributed by atoms with Crippen molar-refractivity contribution in [2.45, 2.75) is 44.2 Å². The minimum Gasteiger partial charge on any atom is -0.351 e. The summed E-state index contributed by atoms with van der Waals surface area (Å²) in [6.07, 6.45) is 11.1. The summed E-state index contributed by atoms with van der Waals surface area (Å²) in [6.45, 7) is 3.08. The lowest BCUT2D eigenvalue weighted by atomic mass is 9.73. The topological polar surface area (TPSA) is 91.2 Å². The number of nitrogens with zero attached hydrogens (tertiary/aromatic N) is 5. The monoisotopic (exact) mass is 401 g/mol. The number of anilines is 1. The molecule has 0 spiro atoms. The minimum absolute atomic E-state index is 0.0265. The van der Waals surface area contributed by atoms with Gasteiger partial charge < -0.3 is 15.2 Å². The van der Waals surface area contributed by atoms with Gasteiger partial charge in [0.25, 0.3) is 0 Å². The zero-order valence-electron chi connectivity index (χ0n) is 16.8. The summed E-state index contributed by atoms with van der Waals surface area (Å²) in [5.41, 5.74) is 4.01. The van der Waals surface area contributed by atoms with Crippen molar-refractivity contribution in [3.05, 3.63) is 43.0 Å². The lowest BCUT2D eigenvalue weighted by Crippen LogP contribution is -2.59. The van der Waals surface area contributed by atoms with E-state index in [4.69, 9.17) is 0 Å². The number of rotatable bonds is 4. The van der Waals surface area contributed by atoms with Crippen molar-refractivity contribution in [3.63, 3.8) is 0 Å². The number of amides is 1. The van der Waals surface area contributed by atoms with Crippen molar-refractivity contribution < 1.29 is 4.79 Å². The fraction of sp³-hybridized carbons (Fsp3) is 0.364. The maximum Gasteiger partial charge on any atom is 0.224 e. The molecule has 0 bridgehead atoms. The molecule has 1 amide bonds. The number of aromatic nitrogens is 5. The average molecular weight is 401 g/mol. The van der Waals surface area contributed by atoms with E-state index in [9.17, 15) is 4.79 Å². The third-order valence-corrected chi connectivity index (χ3v) is 6.57. The van der Waals surface area contributed by atoms with Gasteiger partial charge >= 0.3 is 0 Å². The van der Waals surface area contributed by atoms with Crippen LogP contribution in [0.3, 0.4) is 0 Å². The fourth-order valence-corrected chi connectivity index (χ4v) is 5.03. The molecule has 2 fully saturated rings. The molecule has 2 N–H and O–H groups in total. The molecule has 0 aromatic carbocycles. The van der Waals surface area contributed by atoms with Crippen LogP contribution in [-0.2, 0) is 4.79 Å². The first-order valence-corrected chi connectivity index (χ1v) is 10.4. The first kappa shape index (κ1) is 17.4. The van der Waals surface area contributed by atoms with Gasteiger partial charge in [-0.1, -0.05) is 0 Å². The van der Waals surface area contributed by atoms with Crippen LogP contribution in [0.5, 0.6) is 0 Å². The summed E-state index contributed by atoms with van der Waals surface area (Å²) in [5, 5.41) is 8.68. The molecule has 0 unspecified atom stereocenters. The zero-order chi connectivity index (χ0) is 20.3. The molecule has 1 aliphatic carbocycles. The molecule has 0 radical (unpaired) electrons. The summed E-state index contributed by atoms with van der Waals surface area (Å²) in [6, 6.07) is 6.43.